The standard InChI is InChI=1S/C13H13N5O6S/c1-5-4-25-12-8(11(20)17(12)9(5)13(21)22)14-10(19)7-6(18(23)24)3-16(2)15-7/h3,8,12H,4H2,1-2H3,(H,14,19)(H,21,22)/t8-,12+/m1/s1. The van der Waals surface area contributed by atoms with Crippen molar-refractivity contribution < 1.29 is 24.4 Å². The van der Waals surface area contributed by atoms with E-state index in [4.69, 9.17) is 0 Å². The van der Waals surface area contributed by atoms with E-state index < -0.39 is 45.5 Å². The Morgan fingerprint density at radius 1 is 1.52 bits per heavy atom. The molecule has 0 spiro atoms. The van der Waals surface area contributed by atoms with Crippen LogP contribution in [0, 0.1) is 10.1 Å². The van der Waals surface area contributed by atoms with Crippen LogP contribution in [0.2, 0.25) is 0 Å². The van der Waals surface area contributed by atoms with Gasteiger partial charge >= 0.3 is 11.7 Å². The number of aliphatic carboxylic acids is 1. The number of carboxylic acids is 1. The third kappa shape index (κ3) is 2.63. The number of carboxylic acid groups (broad SMARTS) is 1. The average molecular weight is 367 g/mol. The Hall–Kier alpha value is -2.89. The average Bonchev–Trinajstić information content (AvgIpc) is 2.94. The summed E-state index contributed by atoms with van der Waals surface area (Å²) in [6.07, 6.45) is 1.09. The second-order valence-corrected chi connectivity index (χ2v) is 6.69. The molecule has 0 bridgehead atoms. The van der Waals surface area contributed by atoms with E-state index in [1.165, 1.54) is 18.8 Å². The van der Waals surface area contributed by atoms with Crippen molar-refractivity contribution in [3.8, 4) is 0 Å². The number of hydrogen-bond donors (Lipinski definition) is 2. The third-order valence-corrected chi connectivity index (χ3v) is 5.29. The van der Waals surface area contributed by atoms with E-state index in [0.717, 1.165) is 15.8 Å². The van der Waals surface area contributed by atoms with E-state index in [1.807, 2.05) is 0 Å². The van der Waals surface area contributed by atoms with Gasteiger partial charge in [-0.05, 0) is 12.5 Å². The van der Waals surface area contributed by atoms with Crippen LogP contribution < -0.4 is 5.32 Å². The Labute approximate surface area is 144 Å². The maximum atomic E-state index is 12.3. The van der Waals surface area contributed by atoms with Gasteiger partial charge in [0.05, 0.1) is 4.92 Å². The van der Waals surface area contributed by atoms with Crippen molar-refractivity contribution in [3.63, 3.8) is 0 Å². The second kappa shape index (κ2) is 5.88. The number of thioether (sulfide) groups is 1. The fourth-order valence-electron chi connectivity index (χ4n) is 2.76. The van der Waals surface area contributed by atoms with Gasteiger partial charge in [-0.1, -0.05) is 0 Å². The minimum atomic E-state index is -1.21. The molecule has 2 amide bonds. The molecule has 1 aromatic rings. The van der Waals surface area contributed by atoms with Crippen molar-refractivity contribution >= 4 is 35.2 Å². The molecule has 3 heterocycles. The maximum Gasteiger partial charge on any atom is 0.352 e. The Balaban J connectivity index is 1.80. The zero-order valence-electron chi connectivity index (χ0n) is 13.1. The zero-order valence-corrected chi connectivity index (χ0v) is 13.9. The van der Waals surface area contributed by atoms with Crippen molar-refractivity contribution in [1.29, 1.82) is 0 Å². The number of carbonyl (C=O) groups is 3. The summed E-state index contributed by atoms with van der Waals surface area (Å²) in [5, 5.41) is 25.8. The number of nitro groups is 1. The summed E-state index contributed by atoms with van der Waals surface area (Å²) in [6.45, 7) is 1.63. The Morgan fingerprint density at radius 2 is 2.20 bits per heavy atom. The maximum absolute atomic E-state index is 12.3. The van der Waals surface area contributed by atoms with Gasteiger partial charge in [0.25, 0.3) is 11.8 Å². The van der Waals surface area contributed by atoms with Crippen LogP contribution in [-0.2, 0) is 16.6 Å². The number of β-lactam (4-membered cyclic amide) rings is 1. The molecular formula is C13H13N5O6S. The lowest BCUT2D eigenvalue weighted by Crippen LogP contribution is -2.70. The molecule has 1 fully saturated rings. The fourth-order valence-corrected chi connectivity index (χ4v) is 4.05. The SMILES string of the molecule is CC1=C(C(=O)O)N2C(=O)[C@@H](NC(=O)c3nn(C)cc3[N+](=O)[O-])[C@@H]2SC1. The van der Waals surface area contributed by atoms with Gasteiger partial charge in [-0.25, -0.2) is 4.79 Å². The molecule has 0 aliphatic carbocycles. The molecule has 11 nitrogen and oxygen atoms in total. The van der Waals surface area contributed by atoms with Crippen LogP contribution >= 0.6 is 11.8 Å². The predicted octanol–water partition coefficient (Wildman–Crippen LogP) is -0.300. The van der Waals surface area contributed by atoms with Crippen molar-refractivity contribution in [2.75, 3.05) is 5.75 Å². The number of carbonyl (C=O) groups excluding carboxylic acids is 2. The number of aromatic nitrogens is 2. The molecule has 2 aliphatic heterocycles. The van der Waals surface area contributed by atoms with Gasteiger partial charge < -0.3 is 10.4 Å². The number of nitrogens with zero attached hydrogens (tertiary/aromatic N) is 4. The normalized spacial score (nSPS) is 22.3. The highest BCUT2D eigenvalue weighted by molar-refractivity contribution is 8.00. The van der Waals surface area contributed by atoms with Crippen LogP contribution in [0.4, 0.5) is 5.69 Å². The molecule has 2 N–H and O–H groups in total. The molecule has 3 rings (SSSR count). The molecule has 0 aromatic carbocycles. The summed E-state index contributed by atoms with van der Waals surface area (Å²) >= 11 is 1.32. The monoisotopic (exact) mass is 367 g/mol. The topological polar surface area (TPSA) is 148 Å². The van der Waals surface area contributed by atoms with Crippen molar-refractivity contribution in [3.05, 3.63) is 33.3 Å². The molecular weight excluding hydrogens is 354 g/mol. The van der Waals surface area contributed by atoms with E-state index in [1.54, 1.807) is 6.92 Å². The van der Waals surface area contributed by atoms with Crippen LogP contribution in [0.25, 0.3) is 0 Å². The first-order chi connectivity index (χ1) is 11.7. The number of fused-ring (bicyclic) bond motifs is 1. The first-order valence-corrected chi connectivity index (χ1v) is 8.14. The highest BCUT2D eigenvalue weighted by Gasteiger charge is 2.54. The second-order valence-electron chi connectivity index (χ2n) is 5.59. The minimum absolute atomic E-state index is 0.0805. The summed E-state index contributed by atoms with van der Waals surface area (Å²) in [5.41, 5.74) is -0.387. The van der Waals surface area contributed by atoms with Crippen LogP contribution in [0.5, 0.6) is 0 Å². The summed E-state index contributed by atoms with van der Waals surface area (Å²) in [5.74, 6) is -2.22. The molecule has 12 heteroatoms. The van der Waals surface area contributed by atoms with Gasteiger partial charge in [0.1, 0.15) is 23.3 Å². The van der Waals surface area contributed by atoms with Crippen LogP contribution in [0.1, 0.15) is 17.4 Å². The van der Waals surface area contributed by atoms with Crippen LogP contribution in [0.15, 0.2) is 17.5 Å². The molecule has 25 heavy (non-hydrogen) atoms. The molecule has 1 saturated heterocycles. The van der Waals surface area contributed by atoms with Gasteiger partial charge in [0.15, 0.2) is 0 Å². The van der Waals surface area contributed by atoms with Crippen molar-refractivity contribution in [1.82, 2.24) is 20.0 Å². The smallest absolute Gasteiger partial charge is 0.352 e. The summed E-state index contributed by atoms with van der Waals surface area (Å²) < 4.78 is 1.13. The largest absolute Gasteiger partial charge is 0.477 e. The lowest BCUT2D eigenvalue weighted by molar-refractivity contribution is -0.385. The van der Waals surface area contributed by atoms with Crippen molar-refractivity contribution in [2.45, 2.75) is 18.3 Å². The van der Waals surface area contributed by atoms with E-state index in [9.17, 15) is 29.6 Å². The quantitative estimate of drug-likeness (QED) is 0.419. The lowest BCUT2D eigenvalue weighted by atomic mass is 10.0. The summed E-state index contributed by atoms with van der Waals surface area (Å²) in [6, 6.07) is -0.957. The van der Waals surface area contributed by atoms with E-state index >= 15 is 0 Å². The van der Waals surface area contributed by atoms with Gasteiger partial charge in [-0.2, -0.15) is 5.10 Å². The van der Waals surface area contributed by atoms with Crippen LogP contribution in [-0.4, -0.2) is 59.7 Å². The van der Waals surface area contributed by atoms with Crippen molar-refractivity contribution in [2.24, 2.45) is 7.05 Å². The number of amides is 2. The lowest BCUT2D eigenvalue weighted by Gasteiger charge is -2.49. The zero-order chi connectivity index (χ0) is 18.5. The van der Waals surface area contributed by atoms with Gasteiger partial charge in [0.2, 0.25) is 5.69 Å². The number of aryl methyl sites for hydroxylation is 1. The Morgan fingerprint density at radius 3 is 2.80 bits per heavy atom. The van der Waals surface area contributed by atoms with Gasteiger partial charge in [-0.15, -0.1) is 11.8 Å². The molecule has 132 valence electrons. The first kappa shape index (κ1) is 17.0. The number of nitrogens with one attached hydrogen (secondary N) is 1. The Bertz CT molecular complexity index is 846. The number of rotatable bonds is 4. The predicted molar refractivity (Wildman–Crippen MR) is 84.5 cm³/mol. The third-order valence-electron chi connectivity index (χ3n) is 3.87. The fraction of sp³-hybridized carbons (Fsp3) is 0.385. The van der Waals surface area contributed by atoms with Crippen LogP contribution in [0.3, 0.4) is 0 Å². The van der Waals surface area contributed by atoms with Gasteiger partial charge in [0, 0.05) is 12.8 Å². The van der Waals surface area contributed by atoms with E-state index in [0.29, 0.717) is 11.3 Å². The molecule has 1 aromatic heterocycles. The molecule has 0 unspecified atom stereocenters. The highest BCUT2D eigenvalue weighted by Crippen LogP contribution is 2.40. The minimum Gasteiger partial charge on any atom is -0.477 e. The Kier molecular flexibility index (Phi) is 3.99. The molecule has 0 radical (unpaired) electrons. The van der Waals surface area contributed by atoms with E-state index in [2.05, 4.69) is 10.4 Å². The van der Waals surface area contributed by atoms with Gasteiger partial charge in [-0.3, -0.25) is 29.3 Å². The molecule has 2 aliphatic rings. The summed E-state index contributed by atoms with van der Waals surface area (Å²) in [7, 11) is 1.43. The summed E-state index contributed by atoms with van der Waals surface area (Å²) in [4.78, 5) is 47.3. The molecule has 2 atom stereocenters. The number of hydrogen-bond acceptors (Lipinski definition) is 7. The first-order valence-electron chi connectivity index (χ1n) is 7.09. The molecule has 0 saturated carbocycles. The van der Waals surface area contributed by atoms with E-state index in [-0.39, 0.29) is 5.70 Å². The highest BCUT2D eigenvalue weighted by atomic mass is 32.2.